The third-order valence-corrected chi connectivity index (χ3v) is 4.82. The van der Waals surface area contributed by atoms with Crippen LogP contribution in [0.3, 0.4) is 0 Å². The van der Waals surface area contributed by atoms with Gasteiger partial charge in [0.15, 0.2) is 0 Å². The molecule has 0 radical (unpaired) electrons. The van der Waals surface area contributed by atoms with Crippen molar-refractivity contribution < 1.29 is 9.63 Å². The molecule has 0 saturated carbocycles. The summed E-state index contributed by atoms with van der Waals surface area (Å²) >= 11 is 2.38. The molecule has 1 saturated heterocycles. The van der Waals surface area contributed by atoms with Crippen molar-refractivity contribution in [2.24, 2.45) is 17.8 Å². The van der Waals surface area contributed by atoms with Crippen LogP contribution in [0.4, 0.5) is 0 Å². The number of amides is 1. The maximum Gasteiger partial charge on any atom is 0.249 e. The number of nitrogens with zero attached hydrogens (tertiary/aromatic N) is 1. The van der Waals surface area contributed by atoms with E-state index in [1.165, 1.54) is 0 Å². The first kappa shape index (κ1) is 15.8. The number of benzene rings is 1. The molecule has 1 amide bonds. The summed E-state index contributed by atoms with van der Waals surface area (Å²) in [5, 5.41) is 1.59. The molecule has 0 bridgehead atoms. The standard InChI is InChI=1S/C16H22INO2/c1-12(2)8-15-14(9-17)10-18(16(15)19)20-11-13-6-4-3-5-7-13/h3-7,12,14-15H,8-11H2,1-2H3/t14-,15-/m0/s1. The number of hydrogen-bond acceptors (Lipinski definition) is 2. The second-order valence-electron chi connectivity index (χ2n) is 5.81. The molecule has 4 heteroatoms. The first-order valence-corrected chi connectivity index (χ1v) is 8.68. The minimum Gasteiger partial charge on any atom is -0.272 e. The van der Waals surface area contributed by atoms with Crippen molar-refractivity contribution >= 4 is 28.5 Å². The van der Waals surface area contributed by atoms with Crippen molar-refractivity contribution in [1.82, 2.24) is 5.06 Å². The Balaban J connectivity index is 1.94. The van der Waals surface area contributed by atoms with Crippen LogP contribution >= 0.6 is 22.6 Å². The van der Waals surface area contributed by atoms with Gasteiger partial charge in [-0.3, -0.25) is 9.63 Å². The van der Waals surface area contributed by atoms with Gasteiger partial charge in [0.2, 0.25) is 5.91 Å². The van der Waals surface area contributed by atoms with Crippen molar-refractivity contribution in [2.45, 2.75) is 26.9 Å². The Hall–Kier alpha value is -0.620. The zero-order chi connectivity index (χ0) is 14.5. The molecule has 1 aliphatic heterocycles. The van der Waals surface area contributed by atoms with Gasteiger partial charge in [0.1, 0.15) is 6.61 Å². The molecule has 3 nitrogen and oxygen atoms in total. The van der Waals surface area contributed by atoms with Gasteiger partial charge in [-0.15, -0.1) is 0 Å². The van der Waals surface area contributed by atoms with Crippen molar-refractivity contribution in [1.29, 1.82) is 0 Å². The van der Waals surface area contributed by atoms with Crippen LogP contribution in [0.15, 0.2) is 30.3 Å². The van der Waals surface area contributed by atoms with Gasteiger partial charge in [0.05, 0.1) is 6.54 Å². The maximum absolute atomic E-state index is 12.4. The molecule has 1 fully saturated rings. The van der Waals surface area contributed by atoms with Gasteiger partial charge in [-0.25, -0.2) is 5.06 Å². The molecule has 0 spiro atoms. The molecular weight excluding hydrogens is 365 g/mol. The van der Waals surface area contributed by atoms with Crippen molar-refractivity contribution in [3.63, 3.8) is 0 Å². The van der Waals surface area contributed by atoms with Crippen LogP contribution in [0.5, 0.6) is 0 Å². The number of hydroxylamine groups is 2. The SMILES string of the molecule is CC(C)C[C@@H]1C(=O)N(OCc2ccccc2)C[C@@H]1CI. The van der Waals surface area contributed by atoms with Crippen LogP contribution < -0.4 is 0 Å². The van der Waals surface area contributed by atoms with Crippen LogP contribution in [0.2, 0.25) is 0 Å². The Labute approximate surface area is 134 Å². The Morgan fingerprint density at radius 3 is 2.65 bits per heavy atom. The van der Waals surface area contributed by atoms with E-state index in [-0.39, 0.29) is 11.8 Å². The van der Waals surface area contributed by atoms with E-state index in [1.807, 2.05) is 30.3 Å². The lowest BCUT2D eigenvalue weighted by molar-refractivity contribution is -0.184. The normalized spacial score (nSPS) is 22.8. The molecule has 0 aromatic heterocycles. The molecule has 1 aromatic rings. The highest BCUT2D eigenvalue weighted by molar-refractivity contribution is 14.1. The van der Waals surface area contributed by atoms with E-state index in [2.05, 4.69) is 36.4 Å². The molecule has 1 aromatic carbocycles. The quantitative estimate of drug-likeness (QED) is 0.551. The van der Waals surface area contributed by atoms with E-state index >= 15 is 0 Å². The van der Waals surface area contributed by atoms with Gasteiger partial charge in [0, 0.05) is 10.3 Å². The van der Waals surface area contributed by atoms with E-state index in [4.69, 9.17) is 4.84 Å². The molecule has 1 heterocycles. The molecule has 20 heavy (non-hydrogen) atoms. The van der Waals surface area contributed by atoms with Crippen molar-refractivity contribution in [3.8, 4) is 0 Å². The summed E-state index contributed by atoms with van der Waals surface area (Å²) in [7, 11) is 0. The number of hydrogen-bond donors (Lipinski definition) is 0. The molecule has 0 unspecified atom stereocenters. The molecule has 2 atom stereocenters. The number of alkyl halides is 1. The summed E-state index contributed by atoms with van der Waals surface area (Å²) in [5.41, 5.74) is 1.10. The van der Waals surface area contributed by atoms with Crippen LogP contribution in [-0.2, 0) is 16.2 Å². The number of carbonyl (C=O) groups excluding carboxylic acids is 1. The van der Waals surface area contributed by atoms with Crippen molar-refractivity contribution in [3.05, 3.63) is 35.9 Å². The lowest BCUT2D eigenvalue weighted by Gasteiger charge is -2.17. The lowest BCUT2D eigenvalue weighted by Crippen LogP contribution is -2.28. The maximum atomic E-state index is 12.4. The second-order valence-corrected chi connectivity index (χ2v) is 6.69. The molecule has 0 aliphatic carbocycles. The highest BCUT2D eigenvalue weighted by Gasteiger charge is 2.40. The van der Waals surface area contributed by atoms with Crippen molar-refractivity contribution in [2.75, 3.05) is 11.0 Å². The Kier molecular flexibility index (Phi) is 5.84. The van der Waals surface area contributed by atoms with E-state index in [9.17, 15) is 4.79 Å². The number of halogens is 1. The second kappa shape index (κ2) is 7.41. The first-order chi connectivity index (χ1) is 9.61. The Bertz CT molecular complexity index is 435. The highest BCUT2D eigenvalue weighted by atomic mass is 127. The molecule has 110 valence electrons. The first-order valence-electron chi connectivity index (χ1n) is 7.16. The van der Waals surface area contributed by atoms with E-state index < -0.39 is 0 Å². The third-order valence-electron chi connectivity index (χ3n) is 3.69. The van der Waals surface area contributed by atoms with E-state index in [0.717, 1.165) is 23.0 Å². The van der Waals surface area contributed by atoms with Gasteiger partial charge in [-0.05, 0) is 23.8 Å². The Morgan fingerprint density at radius 2 is 2.05 bits per heavy atom. The van der Waals surface area contributed by atoms with E-state index in [0.29, 0.717) is 18.4 Å². The van der Waals surface area contributed by atoms with E-state index in [1.54, 1.807) is 5.06 Å². The van der Waals surface area contributed by atoms with Gasteiger partial charge in [-0.1, -0.05) is 66.8 Å². The molecule has 2 rings (SSSR count). The third kappa shape index (κ3) is 3.95. The van der Waals surface area contributed by atoms with Gasteiger partial charge in [0.25, 0.3) is 0 Å². The number of rotatable bonds is 6. The Morgan fingerprint density at radius 1 is 1.35 bits per heavy atom. The predicted molar refractivity (Wildman–Crippen MR) is 88.3 cm³/mol. The van der Waals surface area contributed by atoms with Crippen LogP contribution in [-0.4, -0.2) is 21.9 Å². The fourth-order valence-corrected chi connectivity index (χ4v) is 3.51. The zero-order valence-electron chi connectivity index (χ0n) is 12.1. The highest BCUT2D eigenvalue weighted by Crippen LogP contribution is 2.32. The molecular formula is C16H22INO2. The average molecular weight is 387 g/mol. The molecule has 1 aliphatic rings. The monoisotopic (exact) mass is 387 g/mol. The average Bonchev–Trinajstić information content (AvgIpc) is 2.74. The fraction of sp³-hybridized carbons (Fsp3) is 0.562. The minimum absolute atomic E-state index is 0.127. The summed E-state index contributed by atoms with van der Waals surface area (Å²) in [6, 6.07) is 9.98. The summed E-state index contributed by atoms with van der Waals surface area (Å²) in [4.78, 5) is 18.2. The van der Waals surface area contributed by atoms with Crippen LogP contribution in [0.25, 0.3) is 0 Å². The lowest BCUT2D eigenvalue weighted by atomic mass is 9.89. The molecule has 0 N–H and O–H groups in total. The van der Waals surface area contributed by atoms with Crippen LogP contribution in [0, 0.1) is 17.8 Å². The summed E-state index contributed by atoms with van der Waals surface area (Å²) in [6.07, 6.45) is 0.956. The van der Waals surface area contributed by atoms with Gasteiger partial charge < -0.3 is 0 Å². The largest absolute Gasteiger partial charge is 0.272 e. The summed E-state index contributed by atoms with van der Waals surface area (Å²) < 4.78 is 1.01. The predicted octanol–water partition coefficient (Wildman–Crippen LogP) is 3.67. The number of carbonyl (C=O) groups is 1. The fourth-order valence-electron chi connectivity index (χ4n) is 2.62. The van der Waals surface area contributed by atoms with Gasteiger partial charge >= 0.3 is 0 Å². The summed E-state index contributed by atoms with van der Waals surface area (Å²) in [6.45, 7) is 5.54. The van der Waals surface area contributed by atoms with Gasteiger partial charge in [-0.2, -0.15) is 0 Å². The zero-order valence-corrected chi connectivity index (χ0v) is 14.2. The topological polar surface area (TPSA) is 29.5 Å². The smallest absolute Gasteiger partial charge is 0.249 e. The minimum atomic E-state index is 0.127. The summed E-state index contributed by atoms with van der Waals surface area (Å²) in [5.74, 6) is 1.25. The van der Waals surface area contributed by atoms with Crippen LogP contribution in [0.1, 0.15) is 25.8 Å².